The first-order chi connectivity index (χ1) is 13.1. The number of nitrogens with zero attached hydrogens (tertiary/aromatic N) is 2. The molecule has 0 aromatic heterocycles. The molecule has 0 bridgehead atoms. The van der Waals surface area contributed by atoms with Gasteiger partial charge in [-0.05, 0) is 48.5 Å². The van der Waals surface area contributed by atoms with Crippen LogP contribution in [0.3, 0.4) is 0 Å². The standard InChI is InChI=1S/C21H23FN2O3/c1-26-19-8-9-20(27-2)16(15-19)3-10-21(25)24-13-11-23(12-14-24)18-6-4-17(22)5-7-18/h3-10,15H,11-14H2,1-2H3/b10-3+. The summed E-state index contributed by atoms with van der Waals surface area (Å²) < 4.78 is 23.6. The van der Waals surface area contributed by atoms with Crippen LogP contribution in [0.5, 0.6) is 11.5 Å². The van der Waals surface area contributed by atoms with Crippen LogP contribution < -0.4 is 14.4 Å². The molecule has 0 aliphatic carbocycles. The lowest BCUT2D eigenvalue weighted by atomic mass is 10.1. The Balaban J connectivity index is 1.61. The van der Waals surface area contributed by atoms with Crippen LogP contribution in [0.15, 0.2) is 48.5 Å². The average molecular weight is 370 g/mol. The number of benzene rings is 2. The van der Waals surface area contributed by atoms with Gasteiger partial charge in [-0.25, -0.2) is 4.39 Å². The van der Waals surface area contributed by atoms with E-state index in [2.05, 4.69) is 4.90 Å². The van der Waals surface area contributed by atoms with E-state index in [1.54, 1.807) is 38.5 Å². The molecule has 0 unspecified atom stereocenters. The number of hydrogen-bond acceptors (Lipinski definition) is 4. The van der Waals surface area contributed by atoms with E-state index in [1.165, 1.54) is 12.1 Å². The molecular weight excluding hydrogens is 347 g/mol. The quantitative estimate of drug-likeness (QED) is 0.758. The van der Waals surface area contributed by atoms with Gasteiger partial charge in [0.05, 0.1) is 14.2 Å². The summed E-state index contributed by atoms with van der Waals surface area (Å²) in [5, 5.41) is 0. The largest absolute Gasteiger partial charge is 0.497 e. The highest BCUT2D eigenvalue weighted by Gasteiger charge is 2.20. The van der Waals surface area contributed by atoms with E-state index in [0.29, 0.717) is 37.7 Å². The van der Waals surface area contributed by atoms with Gasteiger partial charge in [-0.3, -0.25) is 4.79 Å². The number of piperazine rings is 1. The fourth-order valence-corrected chi connectivity index (χ4v) is 3.07. The topological polar surface area (TPSA) is 42.0 Å². The second kappa shape index (κ2) is 8.58. The monoisotopic (exact) mass is 370 g/mol. The Bertz CT molecular complexity index is 813. The van der Waals surface area contributed by atoms with Crippen LogP contribution in [0.4, 0.5) is 10.1 Å². The van der Waals surface area contributed by atoms with Crippen LogP contribution in [0.2, 0.25) is 0 Å². The number of rotatable bonds is 5. The van der Waals surface area contributed by atoms with Gasteiger partial charge in [0.25, 0.3) is 0 Å². The van der Waals surface area contributed by atoms with Gasteiger partial charge in [0.15, 0.2) is 0 Å². The number of carbonyl (C=O) groups is 1. The Hall–Kier alpha value is -3.02. The Labute approximate surface area is 158 Å². The molecule has 1 fully saturated rings. The number of ether oxygens (including phenoxy) is 2. The van der Waals surface area contributed by atoms with Gasteiger partial charge in [0.2, 0.25) is 5.91 Å². The summed E-state index contributed by atoms with van der Waals surface area (Å²) in [5.41, 5.74) is 1.76. The number of carbonyl (C=O) groups excluding carboxylic acids is 1. The van der Waals surface area contributed by atoms with E-state index in [-0.39, 0.29) is 11.7 Å². The highest BCUT2D eigenvalue weighted by atomic mass is 19.1. The Morgan fingerprint density at radius 1 is 1.00 bits per heavy atom. The summed E-state index contributed by atoms with van der Waals surface area (Å²) in [4.78, 5) is 16.5. The van der Waals surface area contributed by atoms with Gasteiger partial charge in [0, 0.05) is 43.5 Å². The van der Waals surface area contributed by atoms with Crippen molar-refractivity contribution in [2.45, 2.75) is 0 Å². The van der Waals surface area contributed by atoms with Crippen molar-refractivity contribution in [1.29, 1.82) is 0 Å². The van der Waals surface area contributed by atoms with E-state index in [4.69, 9.17) is 9.47 Å². The van der Waals surface area contributed by atoms with Gasteiger partial charge >= 0.3 is 0 Å². The number of amides is 1. The number of hydrogen-bond donors (Lipinski definition) is 0. The van der Waals surface area contributed by atoms with Gasteiger partial charge in [-0.15, -0.1) is 0 Å². The molecule has 2 aromatic rings. The minimum atomic E-state index is -0.245. The molecule has 1 aliphatic rings. The van der Waals surface area contributed by atoms with Gasteiger partial charge < -0.3 is 19.3 Å². The first-order valence-electron chi connectivity index (χ1n) is 8.80. The normalized spacial score (nSPS) is 14.5. The SMILES string of the molecule is COc1ccc(OC)c(/C=C/C(=O)N2CCN(c3ccc(F)cc3)CC2)c1. The highest BCUT2D eigenvalue weighted by Crippen LogP contribution is 2.25. The maximum absolute atomic E-state index is 13.1. The molecule has 1 saturated heterocycles. The summed E-state index contributed by atoms with van der Waals surface area (Å²) in [6.07, 6.45) is 3.31. The van der Waals surface area contributed by atoms with Crippen LogP contribution in [-0.4, -0.2) is 51.2 Å². The van der Waals surface area contributed by atoms with Crippen molar-refractivity contribution >= 4 is 17.7 Å². The molecule has 0 N–H and O–H groups in total. The van der Waals surface area contributed by atoms with Crippen molar-refractivity contribution in [2.24, 2.45) is 0 Å². The molecule has 3 rings (SSSR count). The molecule has 0 radical (unpaired) electrons. The maximum atomic E-state index is 13.1. The van der Waals surface area contributed by atoms with Crippen LogP contribution in [0.1, 0.15) is 5.56 Å². The highest BCUT2D eigenvalue weighted by molar-refractivity contribution is 5.92. The predicted molar refractivity (Wildman–Crippen MR) is 104 cm³/mol. The maximum Gasteiger partial charge on any atom is 0.246 e. The number of halogens is 1. The number of anilines is 1. The van der Waals surface area contributed by atoms with Crippen molar-refractivity contribution in [2.75, 3.05) is 45.3 Å². The lowest BCUT2D eigenvalue weighted by Crippen LogP contribution is -2.48. The molecule has 6 heteroatoms. The van der Waals surface area contributed by atoms with Crippen LogP contribution in [0.25, 0.3) is 6.08 Å². The molecule has 1 aliphatic heterocycles. The van der Waals surface area contributed by atoms with E-state index in [1.807, 2.05) is 23.1 Å². The third-order valence-electron chi connectivity index (χ3n) is 4.63. The molecule has 0 atom stereocenters. The van der Waals surface area contributed by atoms with E-state index in [0.717, 1.165) is 11.3 Å². The molecule has 1 amide bonds. The molecule has 142 valence electrons. The lowest BCUT2D eigenvalue weighted by Gasteiger charge is -2.35. The molecule has 27 heavy (non-hydrogen) atoms. The Morgan fingerprint density at radius 2 is 1.70 bits per heavy atom. The molecule has 0 saturated carbocycles. The van der Waals surface area contributed by atoms with E-state index in [9.17, 15) is 9.18 Å². The van der Waals surface area contributed by atoms with Crippen LogP contribution >= 0.6 is 0 Å². The minimum Gasteiger partial charge on any atom is -0.497 e. The third kappa shape index (κ3) is 4.58. The van der Waals surface area contributed by atoms with Crippen LogP contribution in [-0.2, 0) is 4.79 Å². The summed E-state index contributed by atoms with van der Waals surface area (Å²) in [6, 6.07) is 11.9. The third-order valence-corrected chi connectivity index (χ3v) is 4.63. The van der Waals surface area contributed by atoms with Crippen molar-refractivity contribution in [1.82, 2.24) is 4.90 Å². The Kier molecular flexibility index (Phi) is 5.96. The predicted octanol–water partition coefficient (Wildman–Crippen LogP) is 3.20. The minimum absolute atomic E-state index is 0.0429. The van der Waals surface area contributed by atoms with Gasteiger partial charge in [-0.2, -0.15) is 0 Å². The first-order valence-corrected chi connectivity index (χ1v) is 8.80. The zero-order valence-corrected chi connectivity index (χ0v) is 15.5. The molecule has 5 nitrogen and oxygen atoms in total. The Morgan fingerprint density at radius 3 is 2.33 bits per heavy atom. The first kappa shape index (κ1) is 18.8. The van der Waals surface area contributed by atoms with Crippen molar-refractivity contribution in [3.05, 3.63) is 59.9 Å². The zero-order valence-electron chi connectivity index (χ0n) is 15.5. The molecule has 1 heterocycles. The molecule has 0 spiro atoms. The summed E-state index contributed by atoms with van der Waals surface area (Å²) in [5.74, 6) is 1.10. The fraction of sp³-hybridized carbons (Fsp3) is 0.286. The zero-order chi connectivity index (χ0) is 19.2. The number of methoxy groups -OCH3 is 2. The summed E-state index contributed by atoms with van der Waals surface area (Å²) >= 11 is 0. The fourth-order valence-electron chi connectivity index (χ4n) is 3.07. The van der Waals surface area contributed by atoms with Gasteiger partial charge in [-0.1, -0.05) is 0 Å². The lowest BCUT2D eigenvalue weighted by molar-refractivity contribution is -0.126. The van der Waals surface area contributed by atoms with Crippen molar-refractivity contribution in [3.8, 4) is 11.5 Å². The van der Waals surface area contributed by atoms with E-state index < -0.39 is 0 Å². The van der Waals surface area contributed by atoms with E-state index >= 15 is 0 Å². The second-order valence-electron chi connectivity index (χ2n) is 6.23. The summed E-state index contributed by atoms with van der Waals surface area (Å²) in [7, 11) is 3.19. The van der Waals surface area contributed by atoms with Crippen molar-refractivity contribution < 1.29 is 18.7 Å². The smallest absolute Gasteiger partial charge is 0.246 e. The molecular formula is C21H23FN2O3. The average Bonchev–Trinajstić information content (AvgIpc) is 2.72. The van der Waals surface area contributed by atoms with Gasteiger partial charge in [0.1, 0.15) is 17.3 Å². The summed E-state index contributed by atoms with van der Waals surface area (Å²) in [6.45, 7) is 2.67. The second-order valence-corrected chi connectivity index (χ2v) is 6.23. The van der Waals surface area contributed by atoms with Crippen molar-refractivity contribution in [3.63, 3.8) is 0 Å². The van der Waals surface area contributed by atoms with Crippen LogP contribution in [0, 0.1) is 5.82 Å². The molecule has 2 aromatic carbocycles.